The highest BCUT2D eigenvalue weighted by Gasteiger charge is 2.18. The first-order valence-electron chi connectivity index (χ1n) is 8.91. The highest BCUT2D eigenvalue weighted by Crippen LogP contribution is 2.34. The number of amides is 1. The van der Waals surface area contributed by atoms with Crippen LogP contribution in [0.1, 0.15) is 18.3 Å². The second kappa shape index (κ2) is 9.92. The fourth-order valence-corrected chi connectivity index (χ4v) is 4.13. The van der Waals surface area contributed by atoms with Crippen molar-refractivity contribution in [2.24, 2.45) is 0 Å². The lowest BCUT2D eigenvalue weighted by Crippen LogP contribution is -2.15. The smallest absolute Gasteiger partial charge is 0.272 e. The lowest BCUT2D eigenvalue weighted by atomic mass is 10.1. The van der Waals surface area contributed by atoms with Crippen LogP contribution in [0.25, 0.3) is 0 Å². The zero-order valence-electron chi connectivity index (χ0n) is 15.8. The first-order chi connectivity index (χ1) is 14.4. The molecule has 0 saturated heterocycles. The molecule has 0 spiro atoms. The summed E-state index contributed by atoms with van der Waals surface area (Å²) in [4.78, 5) is 22.6. The van der Waals surface area contributed by atoms with Crippen LogP contribution in [0, 0.1) is 10.1 Å². The Morgan fingerprint density at radius 3 is 2.47 bits per heavy atom. The van der Waals surface area contributed by atoms with Crippen LogP contribution >= 0.6 is 35.0 Å². The molecule has 1 aromatic heterocycles. The predicted molar refractivity (Wildman–Crippen MR) is 117 cm³/mol. The van der Waals surface area contributed by atoms with Gasteiger partial charge in [-0.15, -0.1) is 10.2 Å². The molecule has 0 saturated carbocycles. The Kier molecular flexibility index (Phi) is 7.30. The number of non-ortho nitro benzene ring substituents is 1. The van der Waals surface area contributed by atoms with Crippen LogP contribution in [0.5, 0.6) is 0 Å². The number of benzene rings is 2. The number of carbonyl (C=O) groups excluding carboxylic acids is 1. The van der Waals surface area contributed by atoms with Crippen LogP contribution in [0.2, 0.25) is 10.0 Å². The standard InChI is InChI=1S/C19H17Cl2N5O3S/c1-2-25-16(8-12-6-4-3-5-7-12)23-24-19(25)30-11-17(27)22-18-14(20)9-13(26(28)29)10-15(18)21/h3-7,9-10H,2,8,11H2,1H3,(H,22,27). The van der Waals surface area contributed by atoms with Gasteiger partial charge in [-0.25, -0.2) is 0 Å². The molecule has 1 heterocycles. The minimum atomic E-state index is -0.607. The minimum Gasteiger partial charge on any atom is -0.323 e. The summed E-state index contributed by atoms with van der Waals surface area (Å²) >= 11 is 13.3. The van der Waals surface area contributed by atoms with Gasteiger partial charge in [-0.1, -0.05) is 65.3 Å². The molecule has 2 aromatic carbocycles. The Bertz CT molecular complexity index is 1050. The summed E-state index contributed by atoms with van der Waals surface area (Å²) in [7, 11) is 0. The van der Waals surface area contributed by atoms with Gasteiger partial charge in [0.2, 0.25) is 5.91 Å². The fourth-order valence-electron chi connectivity index (χ4n) is 2.74. The number of carbonyl (C=O) groups is 1. The third kappa shape index (κ3) is 5.29. The number of rotatable bonds is 8. The maximum atomic E-state index is 12.4. The number of hydrogen-bond donors (Lipinski definition) is 1. The summed E-state index contributed by atoms with van der Waals surface area (Å²) in [5.41, 5.74) is 1.01. The van der Waals surface area contributed by atoms with Gasteiger partial charge in [0.1, 0.15) is 5.82 Å². The number of nitrogens with zero attached hydrogens (tertiary/aromatic N) is 4. The van der Waals surface area contributed by atoms with Crippen molar-refractivity contribution in [3.63, 3.8) is 0 Å². The maximum Gasteiger partial charge on any atom is 0.272 e. The first-order valence-corrected chi connectivity index (χ1v) is 10.6. The molecule has 3 aromatic rings. The Labute approximate surface area is 186 Å². The van der Waals surface area contributed by atoms with E-state index < -0.39 is 4.92 Å². The molecule has 1 amide bonds. The van der Waals surface area contributed by atoms with Gasteiger partial charge in [0.25, 0.3) is 5.69 Å². The van der Waals surface area contributed by atoms with Crippen molar-refractivity contribution in [1.29, 1.82) is 0 Å². The third-order valence-electron chi connectivity index (χ3n) is 4.15. The highest BCUT2D eigenvalue weighted by atomic mass is 35.5. The topological polar surface area (TPSA) is 103 Å². The van der Waals surface area contributed by atoms with E-state index in [-0.39, 0.29) is 33.1 Å². The Morgan fingerprint density at radius 2 is 1.87 bits per heavy atom. The number of hydrogen-bond acceptors (Lipinski definition) is 6. The molecule has 11 heteroatoms. The van der Waals surface area contributed by atoms with E-state index in [2.05, 4.69) is 15.5 Å². The second-order valence-electron chi connectivity index (χ2n) is 6.18. The van der Waals surface area contributed by atoms with Crippen LogP contribution in [0.3, 0.4) is 0 Å². The molecule has 0 aliphatic carbocycles. The van der Waals surface area contributed by atoms with Gasteiger partial charge in [-0.05, 0) is 12.5 Å². The Hall–Kier alpha value is -2.62. The lowest BCUT2D eigenvalue weighted by molar-refractivity contribution is -0.384. The van der Waals surface area contributed by atoms with Crippen LogP contribution in [0.15, 0.2) is 47.6 Å². The number of aromatic nitrogens is 3. The van der Waals surface area contributed by atoms with Gasteiger partial charge in [0.05, 0.1) is 26.4 Å². The first kappa shape index (κ1) is 22.1. The average Bonchev–Trinajstić information content (AvgIpc) is 3.11. The summed E-state index contributed by atoms with van der Waals surface area (Å²) < 4.78 is 1.96. The Balaban J connectivity index is 1.66. The van der Waals surface area contributed by atoms with E-state index in [1.165, 1.54) is 11.8 Å². The number of halogens is 2. The van der Waals surface area contributed by atoms with E-state index in [1.807, 2.05) is 41.8 Å². The lowest BCUT2D eigenvalue weighted by Gasteiger charge is -2.10. The van der Waals surface area contributed by atoms with Gasteiger partial charge >= 0.3 is 0 Å². The van der Waals surface area contributed by atoms with E-state index in [0.717, 1.165) is 23.5 Å². The van der Waals surface area contributed by atoms with Crippen LogP contribution in [-0.2, 0) is 17.8 Å². The molecule has 0 fully saturated rings. The largest absolute Gasteiger partial charge is 0.323 e. The monoisotopic (exact) mass is 465 g/mol. The van der Waals surface area contributed by atoms with E-state index >= 15 is 0 Å². The van der Waals surface area contributed by atoms with Crippen molar-refractivity contribution in [3.05, 3.63) is 74.0 Å². The number of nitrogens with one attached hydrogen (secondary N) is 1. The van der Waals surface area contributed by atoms with Gasteiger partial charge in [0.15, 0.2) is 5.16 Å². The summed E-state index contributed by atoms with van der Waals surface area (Å²) in [6.07, 6.45) is 0.641. The molecule has 8 nitrogen and oxygen atoms in total. The van der Waals surface area contributed by atoms with Crippen molar-refractivity contribution in [1.82, 2.24) is 14.8 Å². The minimum absolute atomic E-state index is 0.00516. The summed E-state index contributed by atoms with van der Waals surface area (Å²) in [5.74, 6) is 0.494. The quantitative estimate of drug-likeness (QED) is 0.290. The molecule has 3 rings (SSSR count). The van der Waals surface area contributed by atoms with Crippen molar-refractivity contribution >= 4 is 52.2 Å². The molecule has 0 radical (unpaired) electrons. The van der Waals surface area contributed by atoms with E-state index in [0.29, 0.717) is 18.1 Å². The molecule has 1 N–H and O–H groups in total. The molecule has 0 bridgehead atoms. The van der Waals surface area contributed by atoms with Gasteiger partial charge in [-0.2, -0.15) is 0 Å². The Morgan fingerprint density at radius 1 is 1.20 bits per heavy atom. The molecule has 156 valence electrons. The molecule has 0 atom stereocenters. The van der Waals surface area contributed by atoms with E-state index in [1.54, 1.807) is 0 Å². The molecule has 0 unspecified atom stereocenters. The van der Waals surface area contributed by atoms with Gasteiger partial charge in [-0.3, -0.25) is 14.9 Å². The molecular weight excluding hydrogens is 449 g/mol. The zero-order chi connectivity index (χ0) is 21.7. The SMILES string of the molecule is CCn1c(Cc2ccccc2)nnc1SCC(=O)Nc1c(Cl)cc([N+](=O)[O-])cc1Cl. The van der Waals surface area contributed by atoms with Gasteiger partial charge < -0.3 is 9.88 Å². The van der Waals surface area contributed by atoms with Crippen molar-refractivity contribution < 1.29 is 9.72 Å². The number of nitro benzene ring substituents is 1. The van der Waals surface area contributed by atoms with Crippen molar-refractivity contribution in [2.75, 3.05) is 11.1 Å². The van der Waals surface area contributed by atoms with Gasteiger partial charge in [0, 0.05) is 25.1 Å². The number of nitro groups is 1. The van der Waals surface area contributed by atoms with Crippen molar-refractivity contribution in [2.45, 2.75) is 25.0 Å². The fraction of sp³-hybridized carbons (Fsp3) is 0.211. The predicted octanol–water partition coefficient (Wildman–Crippen LogP) is 4.83. The zero-order valence-corrected chi connectivity index (χ0v) is 18.2. The maximum absolute atomic E-state index is 12.4. The van der Waals surface area contributed by atoms with Crippen LogP contribution in [-0.4, -0.2) is 31.3 Å². The summed E-state index contributed by atoms with van der Waals surface area (Å²) in [6.45, 7) is 2.65. The number of thioether (sulfide) groups is 1. The highest BCUT2D eigenvalue weighted by molar-refractivity contribution is 7.99. The average molecular weight is 466 g/mol. The second-order valence-corrected chi connectivity index (χ2v) is 7.94. The van der Waals surface area contributed by atoms with Crippen LogP contribution < -0.4 is 5.32 Å². The summed E-state index contributed by atoms with van der Waals surface area (Å²) in [5, 5.41) is 22.5. The molecule has 0 aliphatic rings. The third-order valence-corrected chi connectivity index (χ3v) is 5.71. The van der Waals surface area contributed by atoms with E-state index in [9.17, 15) is 14.9 Å². The normalized spacial score (nSPS) is 10.8. The van der Waals surface area contributed by atoms with Crippen LogP contribution in [0.4, 0.5) is 11.4 Å². The molecule has 0 aliphatic heterocycles. The molecule has 30 heavy (non-hydrogen) atoms. The van der Waals surface area contributed by atoms with Crippen molar-refractivity contribution in [3.8, 4) is 0 Å². The number of anilines is 1. The molecular formula is C19H17Cl2N5O3S. The summed E-state index contributed by atoms with van der Waals surface area (Å²) in [6, 6.07) is 12.2. The van der Waals surface area contributed by atoms with E-state index in [4.69, 9.17) is 23.2 Å².